The number of carbonyl (C=O) groups excluding carboxylic acids is 1. The summed E-state index contributed by atoms with van der Waals surface area (Å²) in [6.45, 7) is 4.43. The molecule has 0 saturated carbocycles. The summed E-state index contributed by atoms with van der Waals surface area (Å²) in [5.74, 6) is 0.122. The van der Waals surface area contributed by atoms with Gasteiger partial charge in [0.2, 0.25) is 0 Å². The zero-order valence-electron chi connectivity index (χ0n) is 8.65. The van der Waals surface area contributed by atoms with Crippen LogP contribution >= 0.6 is 15.9 Å². The summed E-state index contributed by atoms with van der Waals surface area (Å²) in [6, 6.07) is 3.81. The molecule has 0 radical (unpaired) electrons. The maximum absolute atomic E-state index is 11.6. The summed E-state index contributed by atoms with van der Waals surface area (Å²) >= 11 is 3.44. The van der Waals surface area contributed by atoms with Gasteiger partial charge in [0.15, 0.2) is 5.78 Å². The molecule has 1 aromatic carbocycles. The van der Waals surface area contributed by atoms with Crippen molar-refractivity contribution in [2.45, 2.75) is 13.8 Å². The van der Waals surface area contributed by atoms with E-state index in [1.165, 1.54) is 5.56 Å². The number of likely N-dealkylation sites (N-methyl/N-ethyl adjacent to an activating group) is 1. The van der Waals surface area contributed by atoms with E-state index in [0.717, 1.165) is 15.6 Å². The fraction of sp³-hybridized carbons (Fsp3) is 0.364. The summed E-state index contributed by atoms with van der Waals surface area (Å²) in [5.41, 5.74) is 3.08. The van der Waals surface area contributed by atoms with Gasteiger partial charge in [0.05, 0.1) is 6.54 Å². The average Bonchev–Trinajstić information content (AvgIpc) is 2.13. The molecule has 0 aliphatic rings. The third-order valence-corrected chi connectivity index (χ3v) is 3.09. The van der Waals surface area contributed by atoms with E-state index in [4.69, 9.17) is 0 Å². The molecule has 0 fully saturated rings. The van der Waals surface area contributed by atoms with Gasteiger partial charge in [-0.15, -0.1) is 0 Å². The molecular weight excluding hydrogens is 242 g/mol. The van der Waals surface area contributed by atoms with Crippen LogP contribution in [0, 0.1) is 13.8 Å². The monoisotopic (exact) mass is 255 g/mol. The quantitative estimate of drug-likeness (QED) is 0.842. The summed E-state index contributed by atoms with van der Waals surface area (Å²) < 4.78 is 0.997. The van der Waals surface area contributed by atoms with Crippen molar-refractivity contribution in [3.8, 4) is 0 Å². The minimum absolute atomic E-state index is 0.122. The van der Waals surface area contributed by atoms with Crippen molar-refractivity contribution < 1.29 is 4.79 Å². The summed E-state index contributed by atoms with van der Waals surface area (Å²) in [5, 5.41) is 2.85. The predicted octanol–water partition coefficient (Wildman–Crippen LogP) is 2.47. The van der Waals surface area contributed by atoms with Gasteiger partial charge < -0.3 is 5.32 Å². The minimum atomic E-state index is 0.122. The van der Waals surface area contributed by atoms with Crippen molar-refractivity contribution in [3.05, 3.63) is 33.3 Å². The number of ketones is 1. The predicted molar refractivity (Wildman–Crippen MR) is 61.9 cm³/mol. The lowest BCUT2D eigenvalue weighted by Crippen LogP contribution is -2.18. The van der Waals surface area contributed by atoms with Crippen molar-refractivity contribution in [1.82, 2.24) is 5.32 Å². The molecule has 0 aliphatic carbocycles. The van der Waals surface area contributed by atoms with Crippen LogP contribution in [0.1, 0.15) is 21.5 Å². The van der Waals surface area contributed by atoms with Crippen LogP contribution in [0.25, 0.3) is 0 Å². The highest BCUT2D eigenvalue weighted by Gasteiger charge is 2.08. The van der Waals surface area contributed by atoms with Gasteiger partial charge in [0.25, 0.3) is 0 Å². The molecule has 0 unspecified atom stereocenters. The number of Topliss-reactive ketones (excluding diaryl/α,β-unsaturated/α-hetero) is 1. The largest absolute Gasteiger partial charge is 0.313 e. The van der Waals surface area contributed by atoms with E-state index in [0.29, 0.717) is 6.54 Å². The summed E-state index contributed by atoms with van der Waals surface area (Å²) in [7, 11) is 1.77. The molecule has 0 amide bonds. The Balaban J connectivity index is 3.06. The zero-order chi connectivity index (χ0) is 10.7. The van der Waals surface area contributed by atoms with Gasteiger partial charge in [-0.1, -0.05) is 15.9 Å². The number of aryl methyl sites for hydroxylation is 1. The lowest BCUT2D eigenvalue weighted by molar-refractivity contribution is 0.0993. The molecule has 0 aromatic heterocycles. The second-order valence-electron chi connectivity index (χ2n) is 3.35. The Hall–Kier alpha value is -0.670. The Morgan fingerprint density at radius 3 is 2.57 bits per heavy atom. The van der Waals surface area contributed by atoms with Gasteiger partial charge in [-0.05, 0) is 44.2 Å². The molecule has 0 spiro atoms. The number of nitrogens with one attached hydrogen (secondary N) is 1. The maximum atomic E-state index is 11.6. The van der Waals surface area contributed by atoms with Crippen LogP contribution in [-0.4, -0.2) is 19.4 Å². The van der Waals surface area contributed by atoms with Crippen LogP contribution in [0.3, 0.4) is 0 Å². The molecule has 2 nitrogen and oxygen atoms in total. The van der Waals surface area contributed by atoms with E-state index in [1.807, 2.05) is 26.0 Å². The Bertz CT molecular complexity index is 337. The second kappa shape index (κ2) is 4.71. The Labute approximate surface area is 92.8 Å². The van der Waals surface area contributed by atoms with E-state index in [2.05, 4.69) is 21.2 Å². The van der Waals surface area contributed by atoms with Gasteiger partial charge in [-0.3, -0.25) is 4.79 Å². The second-order valence-corrected chi connectivity index (χ2v) is 4.21. The first-order valence-corrected chi connectivity index (χ1v) is 5.30. The Morgan fingerprint density at radius 2 is 2.07 bits per heavy atom. The number of carbonyl (C=O) groups is 1. The van der Waals surface area contributed by atoms with Crippen LogP contribution < -0.4 is 5.32 Å². The van der Waals surface area contributed by atoms with Gasteiger partial charge in [-0.25, -0.2) is 0 Å². The Morgan fingerprint density at radius 1 is 1.43 bits per heavy atom. The molecule has 14 heavy (non-hydrogen) atoms. The number of halogens is 1. The highest BCUT2D eigenvalue weighted by Crippen LogP contribution is 2.21. The van der Waals surface area contributed by atoms with Crippen LogP contribution in [0.4, 0.5) is 0 Å². The number of hydrogen-bond donors (Lipinski definition) is 1. The standard InChI is InChI=1S/C11H14BrNO/c1-7-4-9(11(14)6-13-3)5-10(12)8(7)2/h4-5,13H,6H2,1-3H3. The van der Waals surface area contributed by atoms with E-state index < -0.39 is 0 Å². The molecule has 0 aliphatic heterocycles. The summed E-state index contributed by atoms with van der Waals surface area (Å²) in [4.78, 5) is 11.6. The van der Waals surface area contributed by atoms with Gasteiger partial charge >= 0.3 is 0 Å². The van der Waals surface area contributed by atoms with Crippen LogP contribution in [-0.2, 0) is 0 Å². The summed E-state index contributed by atoms with van der Waals surface area (Å²) in [6.07, 6.45) is 0. The van der Waals surface area contributed by atoms with Gasteiger partial charge in [0.1, 0.15) is 0 Å². The van der Waals surface area contributed by atoms with Crippen LogP contribution in [0.2, 0.25) is 0 Å². The van der Waals surface area contributed by atoms with Crippen molar-refractivity contribution in [2.75, 3.05) is 13.6 Å². The molecule has 0 atom stereocenters. The van der Waals surface area contributed by atoms with Crippen LogP contribution in [0.15, 0.2) is 16.6 Å². The molecule has 0 bridgehead atoms. The van der Waals surface area contributed by atoms with Gasteiger partial charge in [-0.2, -0.15) is 0 Å². The minimum Gasteiger partial charge on any atom is -0.313 e. The van der Waals surface area contributed by atoms with Gasteiger partial charge in [0, 0.05) is 10.0 Å². The zero-order valence-corrected chi connectivity index (χ0v) is 10.2. The smallest absolute Gasteiger partial charge is 0.176 e. The number of hydrogen-bond acceptors (Lipinski definition) is 2. The van der Waals surface area contributed by atoms with Crippen molar-refractivity contribution in [2.24, 2.45) is 0 Å². The topological polar surface area (TPSA) is 29.1 Å². The molecular formula is C11H14BrNO. The molecule has 0 heterocycles. The third kappa shape index (κ3) is 2.42. The SMILES string of the molecule is CNCC(=O)c1cc(C)c(C)c(Br)c1. The fourth-order valence-electron chi connectivity index (χ4n) is 1.24. The average molecular weight is 256 g/mol. The molecule has 76 valence electrons. The first kappa shape index (κ1) is 11.4. The highest BCUT2D eigenvalue weighted by molar-refractivity contribution is 9.10. The van der Waals surface area contributed by atoms with Crippen molar-refractivity contribution in [1.29, 1.82) is 0 Å². The highest BCUT2D eigenvalue weighted by atomic mass is 79.9. The van der Waals surface area contributed by atoms with Crippen molar-refractivity contribution in [3.63, 3.8) is 0 Å². The fourth-order valence-corrected chi connectivity index (χ4v) is 1.80. The van der Waals surface area contributed by atoms with E-state index in [9.17, 15) is 4.79 Å². The third-order valence-electron chi connectivity index (χ3n) is 2.26. The lowest BCUT2D eigenvalue weighted by Gasteiger charge is -2.06. The number of rotatable bonds is 3. The van der Waals surface area contributed by atoms with E-state index in [-0.39, 0.29) is 5.78 Å². The lowest BCUT2D eigenvalue weighted by atomic mass is 10.0. The first-order chi connectivity index (χ1) is 6.56. The van der Waals surface area contributed by atoms with E-state index in [1.54, 1.807) is 7.05 Å². The molecule has 1 aromatic rings. The van der Waals surface area contributed by atoms with Crippen molar-refractivity contribution >= 4 is 21.7 Å². The molecule has 1 rings (SSSR count). The molecule has 3 heteroatoms. The Kier molecular flexibility index (Phi) is 3.84. The number of benzene rings is 1. The van der Waals surface area contributed by atoms with E-state index >= 15 is 0 Å². The first-order valence-electron chi connectivity index (χ1n) is 4.50. The van der Waals surface area contributed by atoms with Crippen LogP contribution in [0.5, 0.6) is 0 Å². The molecule has 1 N–H and O–H groups in total. The molecule has 0 saturated heterocycles. The maximum Gasteiger partial charge on any atom is 0.176 e. The normalized spacial score (nSPS) is 10.3.